The van der Waals surface area contributed by atoms with Gasteiger partial charge in [0.15, 0.2) is 0 Å². The fourth-order valence-corrected chi connectivity index (χ4v) is 2.01. The van der Waals surface area contributed by atoms with Gasteiger partial charge in [-0.15, -0.1) is 0 Å². The topological polar surface area (TPSA) is 0 Å². The van der Waals surface area contributed by atoms with Crippen LogP contribution >= 0.6 is 23.2 Å². The van der Waals surface area contributed by atoms with Crippen molar-refractivity contribution >= 4 is 23.2 Å². The fourth-order valence-electron chi connectivity index (χ4n) is 1.29. The van der Waals surface area contributed by atoms with E-state index in [1.165, 1.54) is 6.07 Å². The second-order valence-corrected chi connectivity index (χ2v) is 4.57. The van der Waals surface area contributed by atoms with E-state index in [-0.39, 0.29) is 10.9 Å². The molecule has 0 heterocycles. The average molecular weight is 235 g/mol. The Morgan fingerprint density at radius 3 is 2.21 bits per heavy atom. The monoisotopic (exact) mass is 234 g/mol. The van der Waals surface area contributed by atoms with Gasteiger partial charge in [0.05, 0.1) is 5.02 Å². The van der Waals surface area contributed by atoms with Crippen LogP contribution in [0.15, 0.2) is 12.1 Å². The lowest BCUT2D eigenvalue weighted by atomic mass is 9.90. The van der Waals surface area contributed by atoms with Gasteiger partial charge in [-0.3, -0.25) is 0 Å². The highest BCUT2D eigenvalue weighted by Gasteiger charge is 2.19. The van der Waals surface area contributed by atoms with Crippen LogP contribution in [0.4, 0.5) is 4.39 Å². The SMILES string of the molecule is CC(C)C(C)c1c(Cl)ccc(F)c1Cl. The summed E-state index contributed by atoms with van der Waals surface area (Å²) in [5.41, 5.74) is 0.711. The van der Waals surface area contributed by atoms with E-state index < -0.39 is 5.82 Å². The number of rotatable bonds is 2. The highest BCUT2D eigenvalue weighted by Crippen LogP contribution is 2.36. The Morgan fingerprint density at radius 1 is 1.14 bits per heavy atom. The second-order valence-electron chi connectivity index (χ2n) is 3.79. The predicted molar refractivity (Wildman–Crippen MR) is 59.7 cm³/mol. The van der Waals surface area contributed by atoms with Gasteiger partial charge in [0, 0.05) is 5.02 Å². The molecule has 0 radical (unpaired) electrons. The lowest BCUT2D eigenvalue weighted by Gasteiger charge is -2.19. The van der Waals surface area contributed by atoms with Crippen LogP contribution in [0.5, 0.6) is 0 Å². The summed E-state index contributed by atoms with van der Waals surface area (Å²) in [5, 5.41) is 0.691. The summed E-state index contributed by atoms with van der Waals surface area (Å²) in [5.74, 6) is 0.135. The van der Waals surface area contributed by atoms with Crippen LogP contribution in [0.25, 0.3) is 0 Å². The van der Waals surface area contributed by atoms with Gasteiger partial charge < -0.3 is 0 Å². The Hall–Kier alpha value is -0.270. The lowest BCUT2D eigenvalue weighted by molar-refractivity contribution is 0.530. The van der Waals surface area contributed by atoms with Crippen LogP contribution in [-0.2, 0) is 0 Å². The fraction of sp³-hybridized carbons (Fsp3) is 0.455. The third kappa shape index (κ3) is 2.21. The molecule has 1 rings (SSSR count). The van der Waals surface area contributed by atoms with Crippen molar-refractivity contribution in [2.75, 3.05) is 0 Å². The standard InChI is InChI=1S/C11H13Cl2F/c1-6(2)7(3)10-8(12)4-5-9(14)11(10)13/h4-7H,1-3H3. The molecule has 0 N–H and O–H groups in total. The summed E-state index contributed by atoms with van der Waals surface area (Å²) in [6.45, 7) is 6.11. The van der Waals surface area contributed by atoms with E-state index in [0.717, 1.165) is 0 Å². The molecule has 0 saturated heterocycles. The van der Waals surface area contributed by atoms with E-state index in [4.69, 9.17) is 23.2 Å². The van der Waals surface area contributed by atoms with Crippen molar-refractivity contribution in [3.05, 3.63) is 33.6 Å². The largest absolute Gasteiger partial charge is 0.205 e. The van der Waals surface area contributed by atoms with Crippen molar-refractivity contribution in [2.45, 2.75) is 26.7 Å². The molecule has 0 aliphatic rings. The third-order valence-electron chi connectivity index (χ3n) is 2.53. The van der Waals surface area contributed by atoms with Crippen LogP contribution < -0.4 is 0 Å². The summed E-state index contributed by atoms with van der Waals surface area (Å²) >= 11 is 11.9. The van der Waals surface area contributed by atoms with E-state index in [2.05, 4.69) is 13.8 Å². The first-order valence-electron chi connectivity index (χ1n) is 4.58. The third-order valence-corrected chi connectivity index (χ3v) is 3.25. The first-order chi connectivity index (χ1) is 6.45. The minimum absolute atomic E-state index is 0.152. The molecule has 1 unspecified atom stereocenters. The van der Waals surface area contributed by atoms with E-state index >= 15 is 0 Å². The summed E-state index contributed by atoms with van der Waals surface area (Å²) < 4.78 is 13.2. The second kappa shape index (κ2) is 4.50. The molecular formula is C11H13Cl2F. The highest BCUT2D eigenvalue weighted by molar-refractivity contribution is 6.36. The Labute approximate surface area is 94.0 Å². The lowest BCUT2D eigenvalue weighted by Crippen LogP contribution is -2.04. The van der Waals surface area contributed by atoms with Gasteiger partial charge in [-0.2, -0.15) is 0 Å². The molecule has 0 aromatic heterocycles. The van der Waals surface area contributed by atoms with Crippen molar-refractivity contribution < 1.29 is 4.39 Å². The van der Waals surface area contributed by atoms with E-state index in [0.29, 0.717) is 16.5 Å². The quantitative estimate of drug-likeness (QED) is 0.640. The van der Waals surface area contributed by atoms with Crippen LogP contribution in [0.1, 0.15) is 32.3 Å². The van der Waals surface area contributed by atoms with Crippen LogP contribution in [-0.4, -0.2) is 0 Å². The first-order valence-corrected chi connectivity index (χ1v) is 5.34. The molecule has 78 valence electrons. The molecule has 3 heteroatoms. The van der Waals surface area contributed by atoms with Crippen molar-refractivity contribution in [3.63, 3.8) is 0 Å². The van der Waals surface area contributed by atoms with Gasteiger partial charge in [0.2, 0.25) is 0 Å². The zero-order valence-corrected chi connectivity index (χ0v) is 9.96. The first kappa shape index (κ1) is 11.8. The number of halogens is 3. The molecule has 0 spiro atoms. The molecule has 0 nitrogen and oxygen atoms in total. The van der Waals surface area contributed by atoms with Gasteiger partial charge >= 0.3 is 0 Å². The molecule has 1 atom stereocenters. The van der Waals surface area contributed by atoms with E-state index in [9.17, 15) is 4.39 Å². The zero-order valence-electron chi connectivity index (χ0n) is 8.44. The Balaban J connectivity index is 3.25. The van der Waals surface area contributed by atoms with Gasteiger partial charge in [0.25, 0.3) is 0 Å². The smallest absolute Gasteiger partial charge is 0.142 e. The normalized spacial score (nSPS) is 13.4. The number of hydrogen-bond acceptors (Lipinski definition) is 0. The molecule has 0 fully saturated rings. The minimum Gasteiger partial charge on any atom is -0.205 e. The molecule has 0 aliphatic heterocycles. The van der Waals surface area contributed by atoms with Crippen molar-refractivity contribution in [1.29, 1.82) is 0 Å². The van der Waals surface area contributed by atoms with Crippen LogP contribution in [0.3, 0.4) is 0 Å². The number of benzene rings is 1. The molecule has 1 aromatic carbocycles. The maximum atomic E-state index is 13.2. The van der Waals surface area contributed by atoms with Gasteiger partial charge in [-0.1, -0.05) is 44.0 Å². The average Bonchev–Trinajstić information content (AvgIpc) is 2.12. The van der Waals surface area contributed by atoms with E-state index in [1.807, 2.05) is 6.92 Å². The van der Waals surface area contributed by atoms with Crippen LogP contribution in [0.2, 0.25) is 10.0 Å². The summed E-state index contributed by atoms with van der Waals surface area (Å²) in [7, 11) is 0. The maximum absolute atomic E-state index is 13.2. The Morgan fingerprint density at radius 2 is 1.71 bits per heavy atom. The van der Waals surface area contributed by atoms with Gasteiger partial charge in [-0.05, 0) is 29.5 Å². The van der Waals surface area contributed by atoms with Crippen molar-refractivity contribution in [2.24, 2.45) is 5.92 Å². The molecule has 14 heavy (non-hydrogen) atoms. The number of hydrogen-bond donors (Lipinski definition) is 0. The molecule has 0 aliphatic carbocycles. The molecule has 0 amide bonds. The predicted octanol–water partition coefficient (Wildman–Crippen LogP) is 4.89. The molecule has 0 saturated carbocycles. The maximum Gasteiger partial charge on any atom is 0.142 e. The summed E-state index contributed by atoms with van der Waals surface area (Å²) in [6, 6.07) is 2.85. The molecule has 0 bridgehead atoms. The zero-order chi connectivity index (χ0) is 10.9. The summed E-state index contributed by atoms with van der Waals surface area (Å²) in [4.78, 5) is 0. The Bertz CT molecular complexity index is 334. The highest BCUT2D eigenvalue weighted by atomic mass is 35.5. The van der Waals surface area contributed by atoms with E-state index in [1.54, 1.807) is 6.07 Å². The van der Waals surface area contributed by atoms with Crippen molar-refractivity contribution in [1.82, 2.24) is 0 Å². The minimum atomic E-state index is -0.404. The van der Waals surface area contributed by atoms with Gasteiger partial charge in [-0.25, -0.2) is 4.39 Å². The summed E-state index contributed by atoms with van der Waals surface area (Å²) in [6.07, 6.45) is 0. The molecular weight excluding hydrogens is 222 g/mol. The van der Waals surface area contributed by atoms with Crippen molar-refractivity contribution in [3.8, 4) is 0 Å². The van der Waals surface area contributed by atoms with Crippen LogP contribution in [0, 0.1) is 11.7 Å². The molecule has 1 aromatic rings. The van der Waals surface area contributed by atoms with Gasteiger partial charge in [0.1, 0.15) is 5.82 Å². The Kier molecular flexibility index (Phi) is 3.79.